The molecular formula is C12H15N5O2S. The standard InChI is InChI=1S/C12H15N5O2S/c1-19-11-8(4-5-14-12(11)13)9-6-16-10(7-15-9)17-20(2,3)18/h4-7H,1-3H3,(H2,13,14). The van der Waals surface area contributed by atoms with Gasteiger partial charge in [0.15, 0.2) is 17.4 Å². The Balaban J connectivity index is 2.46. The average Bonchev–Trinajstić information content (AvgIpc) is 2.37. The molecule has 7 nitrogen and oxygen atoms in total. The average molecular weight is 293 g/mol. The fraction of sp³-hybridized carbons (Fsp3) is 0.250. The summed E-state index contributed by atoms with van der Waals surface area (Å²) in [4.78, 5) is 12.3. The number of aromatic nitrogens is 3. The number of ether oxygens (including phenoxy) is 1. The molecule has 0 radical (unpaired) electrons. The molecule has 2 N–H and O–H groups in total. The summed E-state index contributed by atoms with van der Waals surface area (Å²) in [6.45, 7) is 0. The zero-order valence-corrected chi connectivity index (χ0v) is 12.2. The molecule has 0 fully saturated rings. The van der Waals surface area contributed by atoms with Gasteiger partial charge in [0.2, 0.25) is 0 Å². The third-order valence-electron chi connectivity index (χ3n) is 2.36. The van der Waals surface area contributed by atoms with Crippen molar-refractivity contribution in [2.24, 2.45) is 4.36 Å². The molecule has 0 unspecified atom stereocenters. The van der Waals surface area contributed by atoms with E-state index in [0.29, 0.717) is 22.8 Å². The maximum Gasteiger partial charge on any atom is 0.180 e. The maximum absolute atomic E-state index is 11.6. The summed E-state index contributed by atoms with van der Waals surface area (Å²) in [6.07, 6.45) is 7.63. The minimum Gasteiger partial charge on any atom is -0.492 e. The van der Waals surface area contributed by atoms with Crippen LogP contribution in [0.1, 0.15) is 0 Å². The Morgan fingerprint density at radius 3 is 2.55 bits per heavy atom. The fourth-order valence-electron chi connectivity index (χ4n) is 1.61. The molecule has 0 bridgehead atoms. The van der Waals surface area contributed by atoms with Crippen LogP contribution in [0.4, 0.5) is 11.6 Å². The second kappa shape index (κ2) is 5.41. The van der Waals surface area contributed by atoms with Crippen LogP contribution in [0.25, 0.3) is 11.3 Å². The van der Waals surface area contributed by atoms with Crippen molar-refractivity contribution in [3.05, 3.63) is 24.7 Å². The topological polar surface area (TPSA) is 103 Å². The number of methoxy groups -OCH3 is 1. The zero-order valence-electron chi connectivity index (χ0n) is 11.4. The van der Waals surface area contributed by atoms with Gasteiger partial charge in [0.05, 0.1) is 25.2 Å². The summed E-state index contributed by atoms with van der Waals surface area (Å²) < 4.78 is 20.8. The number of nitrogens with zero attached hydrogens (tertiary/aromatic N) is 4. The van der Waals surface area contributed by atoms with Crippen LogP contribution >= 0.6 is 0 Å². The molecule has 2 heterocycles. The van der Waals surface area contributed by atoms with E-state index in [1.807, 2.05) is 0 Å². The highest BCUT2D eigenvalue weighted by atomic mass is 32.2. The maximum atomic E-state index is 11.6. The molecule has 0 aliphatic heterocycles. The van der Waals surface area contributed by atoms with Gasteiger partial charge in [-0.15, -0.1) is 0 Å². The lowest BCUT2D eigenvalue weighted by Crippen LogP contribution is -1.98. The van der Waals surface area contributed by atoms with E-state index in [2.05, 4.69) is 19.3 Å². The van der Waals surface area contributed by atoms with E-state index in [0.717, 1.165) is 0 Å². The van der Waals surface area contributed by atoms with Gasteiger partial charge in [0.25, 0.3) is 0 Å². The lowest BCUT2D eigenvalue weighted by atomic mass is 10.2. The van der Waals surface area contributed by atoms with Crippen LogP contribution in [-0.2, 0) is 9.73 Å². The quantitative estimate of drug-likeness (QED) is 0.919. The van der Waals surface area contributed by atoms with Crippen LogP contribution in [0.5, 0.6) is 5.75 Å². The molecule has 2 aromatic heterocycles. The van der Waals surface area contributed by atoms with Crippen molar-refractivity contribution in [2.75, 3.05) is 25.4 Å². The van der Waals surface area contributed by atoms with Crippen LogP contribution in [0, 0.1) is 0 Å². The summed E-state index contributed by atoms with van der Waals surface area (Å²) in [5, 5.41) is 0. The SMILES string of the molecule is COc1c(-c2cnc(N=S(C)(C)=O)cn2)ccnc1N. The van der Waals surface area contributed by atoms with Crippen LogP contribution in [0.3, 0.4) is 0 Å². The van der Waals surface area contributed by atoms with Crippen LogP contribution < -0.4 is 10.5 Å². The Bertz CT molecular complexity index is 728. The van der Waals surface area contributed by atoms with Gasteiger partial charge < -0.3 is 10.5 Å². The number of hydrogen-bond acceptors (Lipinski definition) is 7. The second-order valence-electron chi connectivity index (χ2n) is 4.31. The summed E-state index contributed by atoms with van der Waals surface area (Å²) in [7, 11) is -0.745. The van der Waals surface area contributed by atoms with Crippen molar-refractivity contribution >= 4 is 21.4 Å². The Morgan fingerprint density at radius 1 is 1.25 bits per heavy atom. The number of rotatable bonds is 3. The number of anilines is 1. The monoisotopic (exact) mass is 293 g/mol. The Kier molecular flexibility index (Phi) is 3.84. The Morgan fingerprint density at radius 2 is 2.00 bits per heavy atom. The van der Waals surface area contributed by atoms with Gasteiger partial charge in [-0.2, -0.15) is 4.36 Å². The van der Waals surface area contributed by atoms with E-state index < -0.39 is 9.73 Å². The predicted molar refractivity (Wildman–Crippen MR) is 78.3 cm³/mol. The predicted octanol–water partition coefficient (Wildman–Crippen LogP) is 1.49. The molecule has 0 atom stereocenters. The van der Waals surface area contributed by atoms with Crippen molar-refractivity contribution in [3.63, 3.8) is 0 Å². The van der Waals surface area contributed by atoms with Gasteiger partial charge in [-0.25, -0.2) is 14.2 Å². The van der Waals surface area contributed by atoms with Crippen molar-refractivity contribution in [1.29, 1.82) is 0 Å². The van der Waals surface area contributed by atoms with Crippen molar-refractivity contribution in [1.82, 2.24) is 15.0 Å². The van der Waals surface area contributed by atoms with Crippen LogP contribution in [0.15, 0.2) is 29.0 Å². The molecule has 20 heavy (non-hydrogen) atoms. The van der Waals surface area contributed by atoms with Crippen molar-refractivity contribution < 1.29 is 8.95 Å². The molecular weight excluding hydrogens is 278 g/mol. The number of hydrogen-bond donors (Lipinski definition) is 1. The highest BCUT2D eigenvalue weighted by Crippen LogP contribution is 2.31. The van der Waals surface area contributed by atoms with Crippen molar-refractivity contribution in [2.45, 2.75) is 0 Å². The van der Waals surface area contributed by atoms with Gasteiger partial charge in [-0.3, -0.25) is 4.98 Å². The summed E-state index contributed by atoms with van der Waals surface area (Å²) in [6, 6.07) is 1.73. The van der Waals surface area contributed by atoms with Gasteiger partial charge in [-0.1, -0.05) is 0 Å². The lowest BCUT2D eigenvalue weighted by Gasteiger charge is -2.09. The first kappa shape index (κ1) is 14.2. The van der Waals surface area contributed by atoms with E-state index in [1.54, 1.807) is 12.3 Å². The van der Waals surface area contributed by atoms with E-state index in [4.69, 9.17) is 10.5 Å². The normalized spacial score (nSPS) is 11.2. The van der Waals surface area contributed by atoms with E-state index in [9.17, 15) is 4.21 Å². The molecule has 0 spiro atoms. The summed E-state index contributed by atoms with van der Waals surface area (Å²) >= 11 is 0. The number of nitrogens with two attached hydrogens (primary N) is 1. The Labute approximate surface area is 117 Å². The first-order valence-corrected chi connectivity index (χ1v) is 8.02. The molecule has 0 saturated carbocycles. The summed E-state index contributed by atoms with van der Waals surface area (Å²) in [5.74, 6) is 1.05. The zero-order chi connectivity index (χ0) is 14.8. The first-order chi connectivity index (χ1) is 9.40. The molecule has 0 aliphatic rings. The molecule has 8 heteroatoms. The van der Waals surface area contributed by atoms with E-state index >= 15 is 0 Å². The number of nitrogen functional groups attached to an aromatic ring is 1. The molecule has 0 amide bonds. The minimum atomic E-state index is -2.26. The van der Waals surface area contributed by atoms with Gasteiger partial charge in [0, 0.05) is 34.0 Å². The Hall–Kier alpha value is -2.22. The second-order valence-corrected chi connectivity index (χ2v) is 6.85. The highest BCUT2D eigenvalue weighted by Gasteiger charge is 2.11. The number of pyridine rings is 1. The van der Waals surface area contributed by atoms with Gasteiger partial charge >= 0.3 is 0 Å². The minimum absolute atomic E-state index is 0.283. The summed E-state index contributed by atoms with van der Waals surface area (Å²) in [5.41, 5.74) is 7.01. The first-order valence-electron chi connectivity index (χ1n) is 5.69. The molecule has 106 valence electrons. The van der Waals surface area contributed by atoms with Gasteiger partial charge in [-0.05, 0) is 6.07 Å². The van der Waals surface area contributed by atoms with E-state index in [1.165, 1.54) is 32.0 Å². The van der Waals surface area contributed by atoms with E-state index in [-0.39, 0.29) is 5.82 Å². The molecule has 0 aliphatic carbocycles. The largest absolute Gasteiger partial charge is 0.492 e. The van der Waals surface area contributed by atoms with Crippen LogP contribution in [0.2, 0.25) is 0 Å². The molecule has 0 saturated heterocycles. The third-order valence-corrected chi connectivity index (χ3v) is 2.99. The smallest absolute Gasteiger partial charge is 0.180 e. The van der Waals surface area contributed by atoms with Crippen LogP contribution in [-0.4, -0.2) is 38.8 Å². The lowest BCUT2D eigenvalue weighted by molar-refractivity contribution is 0.417. The third kappa shape index (κ3) is 3.21. The fourth-order valence-corrected chi connectivity index (χ4v) is 2.16. The molecule has 2 aromatic rings. The molecule has 2 rings (SSSR count). The molecule has 0 aromatic carbocycles. The van der Waals surface area contributed by atoms with Crippen molar-refractivity contribution in [3.8, 4) is 17.0 Å². The highest BCUT2D eigenvalue weighted by molar-refractivity contribution is 7.92. The van der Waals surface area contributed by atoms with Gasteiger partial charge in [0.1, 0.15) is 0 Å².